The first kappa shape index (κ1) is 26.0. The number of hydrogen-bond acceptors (Lipinski definition) is 3. The fourth-order valence-electron chi connectivity index (χ4n) is 2.69. The second kappa shape index (κ2) is 16.0. The number of hydrogen-bond donors (Lipinski definition) is 5. The van der Waals surface area contributed by atoms with Crippen LogP contribution in [0.2, 0.25) is 0 Å². The van der Waals surface area contributed by atoms with Crippen molar-refractivity contribution < 1.29 is 24.0 Å². The van der Waals surface area contributed by atoms with Gasteiger partial charge in [-0.15, -0.1) is 0 Å². The molecule has 9 heteroatoms. The summed E-state index contributed by atoms with van der Waals surface area (Å²) in [5.41, 5.74) is 0. The molecule has 0 heterocycles. The van der Waals surface area contributed by atoms with Crippen molar-refractivity contribution in [3.05, 3.63) is 0 Å². The molecule has 0 aromatic heterocycles. The van der Waals surface area contributed by atoms with E-state index in [-0.39, 0.29) is 18.6 Å². The third-order valence-corrected chi connectivity index (χ3v) is 4.28. The monoisotopic (exact) mass is 402 g/mol. The molecule has 0 spiro atoms. The van der Waals surface area contributed by atoms with Crippen molar-refractivity contribution in [2.45, 2.75) is 51.9 Å². The zero-order valence-electron chi connectivity index (χ0n) is 17.8. The number of unbranched alkanes of at least 4 members (excludes halogenated alkanes) is 4. The summed E-state index contributed by atoms with van der Waals surface area (Å²) < 4.78 is 0.387. The first-order valence-electron chi connectivity index (χ1n) is 10.3. The Kier molecular flexibility index (Phi) is 14.8. The van der Waals surface area contributed by atoms with E-state index in [4.69, 9.17) is 5.11 Å². The van der Waals surface area contributed by atoms with E-state index in [1.54, 1.807) is 0 Å². The van der Waals surface area contributed by atoms with Gasteiger partial charge in [-0.1, -0.05) is 26.2 Å². The highest BCUT2D eigenvalue weighted by atomic mass is 16.4. The molecule has 4 amide bonds. The van der Waals surface area contributed by atoms with Crippen LogP contribution >= 0.6 is 0 Å². The van der Waals surface area contributed by atoms with Crippen molar-refractivity contribution in [3.63, 3.8) is 0 Å². The lowest BCUT2D eigenvalue weighted by atomic mass is 10.2. The third kappa shape index (κ3) is 17.4. The van der Waals surface area contributed by atoms with E-state index in [1.807, 2.05) is 14.1 Å². The van der Waals surface area contributed by atoms with E-state index in [0.29, 0.717) is 43.6 Å². The van der Waals surface area contributed by atoms with Crippen LogP contribution in [0, 0.1) is 0 Å². The quantitative estimate of drug-likeness (QED) is 0.198. The molecule has 0 aliphatic heterocycles. The number of carbonyl (C=O) groups is 3. The van der Waals surface area contributed by atoms with Crippen LogP contribution in [0.4, 0.5) is 9.59 Å². The zero-order chi connectivity index (χ0) is 21.3. The van der Waals surface area contributed by atoms with Crippen LogP contribution in [0.25, 0.3) is 0 Å². The van der Waals surface area contributed by atoms with Crippen molar-refractivity contribution in [1.29, 1.82) is 0 Å². The molecule has 0 bridgehead atoms. The number of carboxylic acid groups (broad SMARTS) is 1. The van der Waals surface area contributed by atoms with E-state index in [2.05, 4.69) is 28.2 Å². The van der Waals surface area contributed by atoms with Crippen molar-refractivity contribution in [3.8, 4) is 0 Å². The number of likely N-dealkylation sites (N-methyl/N-ethyl adjacent to an activating group) is 1. The largest absolute Gasteiger partial charge is 0.477 e. The van der Waals surface area contributed by atoms with E-state index < -0.39 is 5.97 Å². The van der Waals surface area contributed by atoms with Crippen LogP contribution in [0.3, 0.4) is 0 Å². The van der Waals surface area contributed by atoms with Crippen molar-refractivity contribution in [2.24, 2.45) is 0 Å². The van der Waals surface area contributed by atoms with Gasteiger partial charge in [0.2, 0.25) is 0 Å². The van der Waals surface area contributed by atoms with Gasteiger partial charge in [-0.3, -0.25) is 0 Å². The number of carboxylic acids is 1. The Balaban J connectivity index is 3.50. The van der Waals surface area contributed by atoms with Gasteiger partial charge in [-0.05, 0) is 19.3 Å². The Bertz CT molecular complexity index is 458. The minimum Gasteiger partial charge on any atom is -0.477 e. The Labute approximate surface area is 169 Å². The molecule has 0 fully saturated rings. The zero-order valence-corrected chi connectivity index (χ0v) is 17.8. The smallest absolute Gasteiger partial charge is 0.359 e. The molecule has 0 aliphatic rings. The maximum atomic E-state index is 11.7. The lowest BCUT2D eigenvalue weighted by Gasteiger charge is -2.27. The van der Waals surface area contributed by atoms with Crippen LogP contribution in [0.5, 0.6) is 0 Å². The number of quaternary nitrogens is 1. The van der Waals surface area contributed by atoms with Crippen molar-refractivity contribution in [1.82, 2.24) is 21.3 Å². The highest BCUT2D eigenvalue weighted by molar-refractivity contribution is 5.74. The highest BCUT2D eigenvalue weighted by Crippen LogP contribution is 1.98. The Morgan fingerprint density at radius 1 is 0.714 bits per heavy atom. The van der Waals surface area contributed by atoms with Gasteiger partial charge >= 0.3 is 18.0 Å². The number of nitrogens with zero attached hydrogens (tertiary/aromatic N) is 1. The van der Waals surface area contributed by atoms with Gasteiger partial charge in [0, 0.05) is 32.6 Å². The standard InChI is InChI=1S/C19H39N5O4/c1-4-5-6-7-11-20-18(27)21-12-8-9-13-22-19(28)23-14-10-15-24(2,3)16-17(25)26/h4-16H2,1-3H3,(H4-,20,21,22,23,25,26,27,28)/p+1. The maximum absolute atomic E-state index is 11.7. The molecule has 0 aromatic carbocycles. The molecule has 0 radical (unpaired) electrons. The predicted octanol–water partition coefficient (Wildman–Crippen LogP) is 1.50. The SMILES string of the molecule is CCCCCCNC(=O)NCCCCNC(=O)NCCC[N+](C)(C)CC(=O)O. The van der Waals surface area contributed by atoms with Gasteiger partial charge in [-0.2, -0.15) is 0 Å². The number of nitrogens with one attached hydrogen (secondary N) is 4. The Morgan fingerprint density at radius 3 is 1.57 bits per heavy atom. The van der Waals surface area contributed by atoms with Crippen molar-refractivity contribution in [2.75, 3.05) is 53.4 Å². The first-order valence-corrected chi connectivity index (χ1v) is 10.3. The molecule has 0 aliphatic carbocycles. The summed E-state index contributed by atoms with van der Waals surface area (Å²) in [7, 11) is 3.71. The molecule has 28 heavy (non-hydrogen) atoms. The summed E-state index contributed by atoms with van der Waals surface area (Å²) in [5.74, 6) is -0.824. The summed E-state index contributed by atoms with van der Waals surface area (Å²) in [6, 6.07) is -0.354. The maximum Gasteiger partial charge on any atom is 0.359 e. The second-order valence-electron chi connectivity index (χ2n) is 7.70. The van der Waals surface area contributed by atoms with Gasteiger partial charge in [0.1, 0.15) is 0 Å². The molecule has 0 saturated carbocycles. The molecule has 5 N–H and O–H groups in total. The van der Waals surface area contributed by atoms with Gasteiger partial charge in [0.15, 0.2) is 6.54 Å². The Morgan fingerprint density at radius 2 is 1.14 bits per heavy atom. The van der Waals surface area contributed by atoms with Crippen molar-refractivity contribution >= 4 is 18.0 Å². The van der Waals surface area contributed by atoms with E-state index >= 15 is 0 Å². The predicted molar refractivity (Wildman–Crippen MR) is 110 cm³/mol. The molecule has 0 unspecified atom stereocenters. The fraction of sp³-hybridized carbons (Fsp3) is 0.842. The second-order valence-corrected chi connectivity index (χ2v) is 7.70. The average molecular weight is 403 g/mol. The van der Waals surface area contributed by atoms with Crippen LogP contribution < -0.4 is 21.3 Å². The molecule has 164 valence electrons. The van der Waals surface area contributed by atoms with Gasteiger partial charge in [0.25, 0.3) is 0 Å². The summed E-state index contributed by atoms with van der Waals surface area (Å²) in [6.45, 7) is 5.25. The number of urea groups is 2. The fourth-order valence-corrected chi connectivity index (χ4v) is 2.69. The summed E-state index contributed by atoms with van der Waals surface area (Å²) in [5, 5.41) is 20.0. The minimum atomic E-state index is -0.824. The topological polar surface area (TPSA) is 120 Å². The lowest BCUT2D eigenvalue weighted by Crippen LogP contribution is -2.46. The molecular formula is C19H40N5O4+. The molecule has 0 saturated heterocycles. The van der Waals surface area contributed by atoms with Crippen LogP contribution in [0.15, 0.2) is 0 Å². The molecule has 9 nitrogen and oxygen atoms in total. The van der Waals surface area contributed by atoms with E-state index in [9.17, 15) is 14.4 Å². The summed E-state index contributed by atoms with van der Waals surface area (Å²) in [4.78, 5) is 34.0. The highest BCUT2D eigenvalue weighted by Gasteiger charge is 2.18. The van der Waals surface area contributed by atoms with Gasteiger partial charge in [0.05, 0.1) is 20.6 Å². The normalized spacial score (nSPS) is 11.0. The van der Waals surface area contributed by atoms with Crippen LogP contribution in [-0.4, -0.2) is 81.0 Å². The lowest BCUT2D eigenvalue weighted by molar-refractivity contribution is -0.883. The van der Waals surface area contributed by atoms with Crippen LogP contribution in [0.1, 0.15) is 51.9 Å². The number of carbonyl (C=O) groups excluding carboxylic acids is 2. The third-order valence-electron chi connectivity index (χ3n) is 4.28. The summed E-state index contributed by atoms with van der Waals surface area (Å²) >= 11 is 0. The number of amides is 4. The van der Waals surface area contributed by atoms with E-state index in [0.717, 1.165) is 25.7 Å². The number of rotatable bonds is 16. The summed E-state index contributed by atoms with van der Waals surface area (Å²) in [6.07, 6.45) is 6.83. The molecule has 0 rings (SSSR count). The molecular weight excluding hydrogens is 362 g/mol. The minimum absolute atomic E-state index is 0.0666. The van der Waals surface area contributed by atoms with Crippen LogP contribution in [-0.2, 0) is 4.79 Å². The first-order chi connectivity index (χ1) is 13.3. The number of aliphatic carboxylic acids is 1. The molecule has 0 aromatic rings. The Hall–Kier alpha value is -2.03. The van der Waals surface area contributed by atoms with Gasteiger partial charge < -0.3 is 30.9 Å². The molecule has 0 atom stereocenters. The van der Waals surface area contributed by atoms with E-state index in [1.165, 1.54) is 12.8 Å². The average Bonchev–Trinajstić information content (AvgIpc) is 2.60. The van der Waals surface area contributed by atoms with Gasteiger partial charge in [-0.25, -0.2) is 14.4 Å².